The molecule has 5 aliphatic rings. The number of carbonyl (C=O) groups excluding carboxylic acids is 1. The lowest BCUT2D eigenvalue weighted by atomic mass is 9.43. The number of carbonyl (C=O) groups is 1. The molecule has 212 valence electrons. The van der Waals surface area contributed by atoms with Crippen molar-refractivity contribution in [3.63, 3.8) is 0 Å². The zero-order valence-electron chi connectivity index (χ0n) is 24.4. The highest BCUT2D eigenvalue weighted by Crippen LogP contribution is 2.68. The average Bonchev–Trinajstić information content (AvgIpc) is 3.26. The van der Waals surface area contributed by atoms with E-state index in [4.69, 9.17) is 4.74 Å². The first-order chi connectivity index (χ1) is 17.8. The number of aliphatic hydroxyl groups excluding tert-OH is 1. The van der Waals surface area contributed by atoms with Gasteiger partial charge in [-0.3, -0.25) is 4.79 Å². The summed E-state index contributed by atoms with van der Waals surface area (Å²) in [7, 11) is 1.50. The molecule has 0 aromatic carbocycles. The fourth-order valence-corrected chi connectivity index (χ4v) is 10.7. The number of aliphatic hydroxyl groups is 1. The first kappa shape index (κ1) is 27.9. The summed E-state index contributed by atoms with van der Waals surface area (Å²) in [6.45, 7) is 12.4. The van der Waals surface area contributed by atoms with Gasteiger partial charge in [0.15, 0.2) is 0 Å². The Morgan fingerprint density at radius 1 is 1.00 bits per heavy atom. The average molecular weight is 517 g/mol. The van der Waals surface area contributed by atoms with E-state index in [1.54, 1.807) is 0 Å². The van der Waals surface area contributed by atoms with Crippen LogP contribution in [0.25, 0.3) is 0 Å². The van der Waals surface area contributed by atoms with Gasteiger partial charge in [-0.2, -0.15) is 0 Å². The van der Waals surface area contributed by atoms with Crippen LogP contribution in [0.2, 0.25) is 0 Å². The van der Waals surface area contributed by atoms with Crippen LogP contribution < -0.4 is 5.32 Å². The van der Waals surface area contributed by atoms with E-state index in [1.807, 2.05) is 0 Å². The van der Waals surface area contributed by atoms with E-state index < -0.39 is 0 Å². The minimum absolute atomic E-state index is 0.0683. The molecule has 1 aliphatic heterocycles. The van der Waals surface area contributed by atoms with E-state index in [0.29, 0.717) is 47.0 Å². The summed E-state index contributed by atoms with van der Waals surface area (Å²) < 4.78 is 4.92. The lowest BCUT2D eigenvalue weighted by Gasteiger charge is -2.62. The molecule has 2 N–H and O–H groups in total. The van der Waals surface area contributed by atoms with Gasteiger partial charge in [-0.15, -0.1) is 0 Å². The molecule has 0 aromatic rings. The Bertz CT molecular complexity index is 784. The van der Waals surface area contributed by atoms with Gasteiger partial charge < -0.3 is 20.1 Å². The molecule has 5 heteroatoms. The zero-order chi connectivity index (χ0) is 26.2. The van der Waals surface area contributed by atoms with Gasteiger partial charge in [0.25, 0.3) is 0 Å². The Balaban J connectivity index is 1.20. The molecule has 5 nitrogen and oxygen atoms in total. The van der Waals surface area contributed by atoms with Gasteiger partial charge in [0.05, 0.1) is 13.2 Å². The largest absolute Gasteiger partial charge is 0.469 e. The minimum Gasteiger partial charge on any atom is -0.469 e. The maximum Gasteiger partial charge on any atom is 0.305 e. The minimum atomic E-state index is -0.143. The Morgan fingerprint density at radius 3 is 2.49 bits per heavy atom. The standard InChI is InChI=1S/C32H56N2O3/c1-22(8-11-30(36)37-4)25-9-10-26-24-21-29(35)28-20-23(33-16-19-34-17-6-5-7-18-34)12-14-32(28,3)27(24)13-15-31(25,26)2/h22-29,33,35H,5-21H2,1-4H3/t22?,23?,24?,25?,26?,27?,28?,29-,31?,32?/m0/s1. The van der Waals surface area contributed by atoms with E-state index in [2.05, 4.69) is 31.0 Å². The number of rotatable bonds is 8. The third kappa shape index (κ3) is 5.40. The van der Waals surface area contributed by atoms with Crippen LogP contribution in [0.4, 0.5) is 0 Å². The predicted octanol–water partition coefficient (Wildman–Crippen LogP) is 5.65. The Labute approximate surface area is 226 Å². The molecule has 10 atom stereocenters. The van der Waals surface area contributed by atoms with Crippen LogP contribution in [-0.4, -0.2) is 61.4 Å². The summed E-state index contributed by atoms with van der Waals surface area (Å²) >= 11 is 0. The summed E-state index contributed by atoms with van der Waals surface area (Å²) in [6.07, 6.45) is 15.5. The molecule has 4 saturated carbocycles. The molecule has 1 heterocycles. The summed E-state index contributed by atoms with van der Waals surface area (Å²) in [5, 5.41) is 15.5. The second-order valence-corrected chi connectivity index (χ2v) is 14.4. The van der Waals surface area contributed by atoms with Gasteiger partial charge in [-0.05, 0) is 130 Å². The molecular formula is C32H56N2O3. The fraction of sp³-hybridized carbons (Fsp3) is 0.969. The van der Waals surface area contributed by atoms with Crippen molar-refractivity contribution in [1.29, 1.82) is 0 Å². The van der Waals surface area contributed by atoms with Crippen molar-refractivity contribution < 1.29 is 14.6 Å². The number of ether oxygens (including phenoxy) is 1. The number of nitrogens with zero attached hydrogens (tertiary/aromatic N) is 1. The highest BCUT2D eigenvalue weighted by Gasteiger charge is 2.62. The normalized spacial score (nSPS) is 44.9. The topological polar surface area (TPSA) is 61.8 Å². The third-order valence-corrected chi connectivity index (χ3v) is 12.8. The predicted molar refractivity (Wildman–Crippen MR) is 149 cm³/mol. The molecule has 4 aliphatic carbocycles. The van der Waals surface area contributed by atoms with Crippen LogP contribution in [0, 0.1) is 46.3 Å². The highest BCUT2D eigenvalue weighted by atomic mass is 16.5. The number of hydrogen-bond acceptors (Lipinski definition) is 5. The maximum absolute atomic E-state index is 11.8. The number of esters is 1. The molecule has 37 heavy (non-hydrogen) atoms. The van der Waals surface area contributed by atoms with Crippen LogP contribution in [0.15, 0.2) is 0 Å². The number of piperidine rings is 1. The van der Waals surface area contributed by atoms with Crippen molar-refractivity contribution in [1.82, 2.24) is 10.2 Å². The van der Waals surface area contributed by atoms with Crippen molar-refractivity contribution in [3.05, 3.63) is 0 Å². The Kier molecular flexibility index (Phi) is 8.64. The Hall–Kier alpha value is -0.650. The van der Waals surface area contributed by atoms with Crippen LogP contribution in [0.3, 0.4) is 0 Å². The number of methoxy groups -OCH3 is 1. The second-order valence-electron chi connectivity index (χ2n) is 14.4. The highest BCUT2D eigenvalue weighted by molar-refractivity contribution is 5.69. The summed E-state index contributed by atoms with van der Waals surface area (Å²) in [6, 6.07) is 0.578. The van der Waals surface area contributed by atoms with Crippen molar-refractivity contribution in [2.24, 2.45) is 46.3 Å². The zero-order valence-corrected chi connectivity index (χ0v) is 24.4. The molecule has 5 rings (SSSR count). The number of hydrogen-bond donors (Lipinski definition) is 2. The Morgan fingerprint density at radius 2 is 1.73 bits per heavy atom. The lowest BCUT2D eigenvalue weighted by molar-refractivity contribution is -0.162. The lowest BCUT2D eigenvalue weighted by Crippen LogP contribution is -2.59. The van der Waals surface area contributed by atoms with E-state index in [-0.39, 0.29) is 12.1 Å². The van der Waals surface area contributed by atoms with Gasteiger partial charge in [-0.1, -0.05) is 27.2 Å². The first-order valence-electron chi connectivity index (χ1n) is 16.0. The number of likely N-dealkylation sites (tertiary alicyclic amines) is 1. The molecule has 0 amide bonds. The van der Waals surface area contributed by atoms with E-state index >= 15 is 0 Å². The van der Waals surface area contributed by atoms with Gasteiger partial charge in [-0.25, -0.2) is 0 Å². The van der Waals surface area contributed by atoms with Crippen molar-refractivity contribution >= 4 is 5.97 Å². The van der Waals surface area contributed by atoms with Crippen LogP contribution in [0.1, 0.15) is 104 Å². The number of fused-ring (bicyclic) bond motifs is 5. The third-order valence-electron chi connectivity index (χ3n) is 12.8. The van der Waals surface area contributed by atoms with Gasteiger partial charge >= 0.3 is 5.97 Å². The first-order valence-corrected chi connectivity index (χ1v) is 16.0. The molecule has 5 fully saturated rings. The SMILES string of the molecule is COC(=O)CCC(C)C1CCC2C3C[C@H](O)C4CC(NCCN5CCCCC5)CCC4(C)C3CCC12C. The van der Waals surface area contributed by atoms with Crippen molar-refractivity contribution in [3.8, 4) is 0 Å². The number of nitrogens with one attached hydrogen (secondary N) is 1. The molecule has 0 spiro atoms. The maximum atomic E-state index is 11.8. The summed E-state index contributed by atoms with van der Waals surface area (Å²) in [5.41, 5.74) is 0.663. The van der Waals surface area contributed by atoms with Crippen LogP contribution >= 0.6 is 0 Å². The molecule has 0 radical (unpaired) electrons. The van der Waals surface area contributed by atoms with Gasteiger partial charge in [0.1, 0.15) is 0 Å². The van der Waals surface area contributed by atoms with E-state index in [0.717, 1.165) is 37.6 Å². The molecular weight excluding hydrogens is 460 g/mol. The summed E-state index contributed by atoms with van der Waals surface area (Å²) in [5.74, 6) is 3.84. The van der Waals surface area contributed by atoms with Crippen molar-refractivity contribution in [2.75, 3.05) is 33.3 Å². The van der Waals surface area contributed by atoms with Gasteiger partial charge in [0, 0.05) is 25.6 Å². The van der Waals surface area contributed by atoms with Crippen LogP contribution in [-0.2, 0) is 9.53 Å². The molecule has 0 bridgehead atoms. The van der Waals surface area contributed by atoms with Crippen LogP contribution in [0.5, 0.6) is 0 Å². The van der Waals surface area contributed by atoms with E-state index in [9.17, 15) is 9.90 Å². The quantitative estimate of drug-likeness (QED) is 0.408. The summed E-state index contributed by atoms with van der Waals surface area (Å²) in [4.78, 5) is 14.4. The molecule has 0 aromatic heterocycles. The molecule has 9 unspecified atom stereocenters. The van der Waals surface area contributed by atoms with Crippen molar-refractivity contribution in [2.45, 2.75) is 116 Å². The smallest absolute Gasteiger partial charge is 0.305 e. The monoisotopic (exact) mass is 516 g/mol. The molecule has 1 saturated heterocycles. The van der Waals surface area contributed by atoms with Gasteiger partial charge in [0.2, 0.25) is 0 Å². The second kappa shape index (κ2) is 11.5. The fourth-order valence-electron chi connectivity index (χ4n) is 10.7. The van der Waals surface area contributed by atoms with E-state index in [1.165, 1.54) is 84.5 Å².